The molecule has 0 aromatic carbocycles. The minimum Gasteiger partial charge on any atom is -0.307 e. The van der Waals surface area contributed by atoms with Gasteiger partial charge < -0.3 is 5.32 Å². The van der Waals surface area contributed by atoms with E-state index in [1.54, 1.807) is 0 Å². The lowest BCUT2D eigenvalue weighted by Gasteiger charge is -2.37. The van der Waals surface area contributed by atoms with Gasteiger partial charge in [-0.15, -0.1) is 11.3 Å². The molecular formula is C15H25NS. The second kappa shape index (κ2) is 5.11. The predicted molar refractivity (Wildman–Crippen MR) is 76.6 cm³/mol. The van der Waals surface area contributed by atoms with Gasteiger partial charge in [0.25, 0.3) is 0 Å². The summed E-state index contributed by atoms with van der Waals surface area (Å²) in [5.74, 6) is 0. The van der Waals surface area contributed by atoms with Gasteiger partial charge >= 0.3 is 0 Å². The molecule has 1 N–H and O–H groups in total. The van der Waals surface area contributed by atoms with E-state index in [4.69, 9.17) is 0 Å². The molecule has 0 amide bonds. The van der Waals surface area contributed by atoms with Gasteiger partial charge in [0, 0.05) is 17.0 Å². The summed E-state index contributed by atoms with van der Waals surface area (Å²) in [6.07, 6.45) is 5.43. The van der Waals surface area contributed by atoms with Crippen LogP contribution in [0.15, 0.2) is 11.4 Å². The normalized spacial score (nSPS) is 25.8. The molecule has 2 unspecified atom stereocenters. The van der Waals surface area contributed by atoms with Crippen LogP contribution in [0.25, 0.3) is 0 Å². The fraction of sp³-hybridized carbons (Fsp3) is 0.733. The van der Waals surface area contributed by atoms with Crippen molar-refractivity contribution < 1.29 is 0 Å². The Morgan fingerprint density at radius 2 is 2.24 bits per heavy atom. The molecule has 1 heterocycles. The second-order valence-electron chi connectivity index (χ2n) is 6.31. The summed E-state index contributed by atoms with van der Waals surface area (Å²) in [5.41, 5.74) is 1.96. The lowest BCUT2D eigenvalue weighted by Crippen LogP contribution is -2.38. The van der Waals surface area contributed by atoms with Crippen LogP contribution in [-0.2, 0) is 0 Å². The molecule has 0 saturated heterocycles. The van der Waals surface area contributed by atoms with E-state index in [-0.39, 0.29) is 0 Å². The van der Waals surface area contributed by atoms with Gasteiger partial charge in [-0.2, -0.15) is 0 Å². The van der Waals surface area contributed by atoms with Crippen LogP contribution >= 0.6 is 11.3 Å². The fourth-order valence-electron chi connectivity index (χ4n) is 3.10. The Bertz CT molecular complexity index is 367. The lowest BCUT2D eigenvalue weighted by molar-refractivity contribution is 0.191. The Balaban J connectivity index is 1.95. The number of hydrogen-bond acceptors (Lipinski definition) is 2. The maximum Gasteiger partial charge on any atom is 0.0390 e. The number of hydrogen-bond donors (Lipinski definition) is 1. The van der Waals surface area contributed by atoms with E-state index in [0.29, 0.717) is 17.5 Å². The van der Waals surface area contributed by atoms with E-state index in [2.05, 4.69) is 44.5 Å². The minimum absolute atomic E-state index is 0.508. The highest BCUT2D eigenvalue weighted by Gasteiger charge is 2.28. The smallest absolute Gasteiger partial charge is 0.0390 e. The first-order valence-electron chi connectivity index (χ1n) is 6.78. The molecule has 0 radical (unpaired) electrons. The third-order valence-electron chi connectivity index (χ3n) is 3.99. The quantitative estimate of drug-likeness (QED) is 0.822. The van der Waals surface area contributed by atoms with Crippen molar-refractivity contribution in [2.75, 3.05) is 0 Å². The molecule has 2 rings (SSSR count). The van der Waals surface area contributed by atoms with Crippen molar-refractivity contribution in [1.29, 1.82) is 0 Å². The SMILES string of the molecule is Cc1ccsc1C(C)NC1CCCC(C)(C)C1. The van der Waals surface area contributed by atoms with Crippen molar-refractivity contribution >= 4 is 11.3 Å². The molecule has 0 aliphatic heterocycles. The van der Waals surface area contributed by atoms with Crippen molar-refractivity contribution in [1.82, 2.24) is 5.32 Å². The van der Waals surface area contributed by atoms with Crippen LogP contribution in [0, 0.1) is 12.3 Å². The first kappa shape index (κ1) is 13.1. The van der Waals surface area contributed by atoms with Gasteiger partial charge in [0.1, 0.15) is 0 Å². The number of rotatable bonds is 3. The molecule has 0 spiro atoms. The van der Waals surface area contributed by atoms with Crippen LogP contribution in [0.4, 0.5) is 0 Å². The summed E-state index contributed by atoms with van der Waals surface area (Å²) in [5, 5.41) is 6.03. The highest BCUT2D eigenvalue weighted by atomic mass is 32.1. The summed E-state index contributed by atoms with van der Waals surface area (Å²) in [4.78, 5) is 1.51. The molecule has 1 aliphatic rings. The van der Waals surface area contributed by atoms with Crippen molar-refractivity contribution in [2.24, 2.45) is 5.41 Å². The molecular weight excluding hydrogens is 226 g/mol. The van der Waals surface area contributed by atoms with Crippen LogP contribution in [0.3, 0.4) is 0 Å². The molecule has 1 nitrogen and oxygen atoms in total. The molecule has 1 fully saturated rings. The van der Waals surface area contributed by atoms with Crippen LogP contribution in [-0.4, -0.2) is 6.04 Å². The van der Waals surface area contributed by atoms with Gasteiger partial charge in [-0.05, 0) is 55.5 Å². The van der Waals surface area contributed by atoms with Gasteiger partial charge in [0.05, 0.1) is 0 Å². The molecule has 1 aromatic heterocycles. The van der Waals surface area contributed by atoms with E-state index in [1.165, 1.54) is 36.1 Å². The van der Waals surface area contributed by atoms with Gasteiger partial charge in [0.15, 0.2) is 0 Å². The Labute approximate surface area is 110 Å². The Morgan fingerprint density at radius 1 is 1.47 bits per heavy atom. The maximum absolute atomic E-state index is 3.83. The topological polar surface area (TPSA) is 12.0 Å². The number of thiophene rings is 1. The van der Waals surface area contributed by atoms with Crippen molar-refractivity contribution in [3.63, 3.8) is 0 Å². The van der Waals surface area contributed by atoms with Crippen LogP contribution in [0.5, 0.6) is 0 Å². The standard InChI is InChI=1S/C15H25NS/c1-11-7-9-17-14(11)12(2)16-13-6-5-8-15(3,4)10-13/h7,9,12-13,16H,5-6,8,10H2,1-4H3. The summed E-state index contributed by atoms with van der Waals surface area (Å²) < 4.78 is 0. The van der Waals surface area contributed by atoms with Crippen molar-refractivity contribution in [2.45, 2.75) is 65.5 Å². The van der Waals surface area contributed by atoms with Gasteiger partial charge in [-0.3, -0.25) is 0 Å². The van der Waals surface area contributed by atoms with Crippen molar-refractivity contribution in [3.05, 3.63) is 21.9 Å². The Kier molecular flexibility index (Phi) is 3.94. The van der Waals surface area contributed by atoms with Crippen molar-refractivity contribution in [3.8, 4) is 0 Å². The number of nitrogens with one attached hydrogen (secondary N) is 1. The number of aryl methyl sites for hydroxylation is 1. The molecule has 1 aromatic rings. The Hall–Kier alpha value is -0.340. The molecule has 17 heavy (non-hydrogen) atoms. The first-order valence-corrected chi connectivity index (χ1v) is 7.66. The molecule has 0 bridgehead atoms. The monoisotopic (exact) mass is 251 g/mol. The molecule has 2 atom stereocenters. The summed E-state index contributed by atoms with van der Waals surface area (Å²) in [6.45, 7) is 9.33. The average molecular weight is 251 g/mol. The zero-order chi connectivity index (χ0) is 12.5. The zero-order valence-electron chi connectivity index (χ0n) is 11.5. The largest absolute Gasteiger partial charge is 0.307 e. The molecule has 1 saturated carbocycles. The maximum atomic E-state index is 3.83. The van der Waals surface area contributed by atoms with E-state index < -0.39 is 0 Å². The highest BCUT2D eigenvalue weighted by molar-refractivity contribution is 7.10. The van der Waals surface area contributed by atoms with Crippen LogP contribution in [0.1, 0.15) is 62.9 Å². The van der Waals surface area contributed by atoms with Gasteiger partial charge in [-0.1, -0.05) is 20.3 Å². The van der Waals surface area contributed by atoms with Crippen LogP contribution < -0.4 is 5.32 Å². The van der Waals surface area contributed by atoms with E-state index in [0.717, 1.165) is 0 Å². The summed E-state index contributed by atoms with van der Waals surface area (Å²) in [6, 6.07) is 3.44. The molecule has 2 heteroatoms. The summed E-state index contributed by atoms with van der Waals surface area (Å²) in [7, 11) is 0. The highest BCUT2D eigenvalue weighted by Crippen LogP contribution is 2.36. The van der Waals surface area contributed by atoms with Crippen LogP contribution in [0.2, 0.25) is 0 Å². The van der Waals surface area contributed by atoms with Gasteiger partial charge in [0.2, 0.25) is 0 Å². The van der Waals surface area contributed by atoms with Gasteiger partial charge in [-0.25, -0.2) is 0 Å². The van der Waals surface area contributed by atoms with E-state index in [1.807, 2.05) is 11.3 Å². The second-order valence-corrected chi connectivity index (χ2v) is 7.26. The summed E-state index contributed by atoms with van der Waals surface area (Å²) >= 11 is 1.88. The minimum atomic E-state index is 0.508. The molecule has 96 valence electrons. The third kappa shape index (κ3) is 3.32. The fourth-order valence-corrected chi connectivity index (χ4v) is 4.04. The lowest BCUT2D eigenvalue weighted by atomic mass is 9.75. The predicted octanol–water partition coefficient (Wildman–Crippen LogP) is 4.68. The van der Waals surface area contributed by atoms with E-state index in [9.17, 15) is 0 Å². The third-order valence-corrected chi connectivity index (χ3v) is 5.19. The Morgan fingerprint density at radius 3 is 2.82 bits per heavy atom. The first-order chi connectivity index (χ1) is 7.98. The molecule has 1 aliphatic carbocycles. The van der Waals surface area contributed by atoms with E-state index >= 15 is 0 Å². The zero-order valence-corrected chi connectivity index (χ0v) is 12.4. The average Bonchev–Trinajstić information content (AvgIpc) is 2.62.